The van der Waals surface area contributed by atoms with Gasteiger partial charge in [-0.25, -0.2) is 9.67 Å². The molecule has 4 nitrogen and oxygen atoms in total. The molecule has 2 aliphatic carbocycles. The number of aryl methyl sites for hydroxylation is 1. The van der Waals surface area contributed by atoms with E-state index in [-0.39, 0.29) is 22.9 Å². The molecule has 2 aromatic rings. The molecule has 0 saturated heterocycles. The Kier molecular flexibility index (Phi) is 9.66. The standard InChI is InChI=1S/C18H16N3O.C5H5.Fe/c1-14-6-8-15(9-7-14)10-17(11-21-13-19-12-20-21)18(22)16-4-2-3-5-16;1-2-4-5-3-1;/h2-10,12-13H,11H2,1H3;1-5H;/q;;+2/b17-10+;;. The fraction of sp³-hybridized carbons (Fsp3) is 0.0870. The summed E-state index contributed by atoms with van der Waals surface area (Å²) < 4.78 is 1.65. The van der Waals surface area contributed by atoms with Gasteiger partial charge in [0.15, 0.2) is 5.78 Å². The van der Waals surface area contributed by atoms with E-state index in [2.05, 4.69) is 10.1 Å². The molecular formula is C23H21FeN3O+2. The average molecular weight is 411 g/mol. The topological polar surface area (TPSA) is 47.8 Å². The van der Waals surface area contributed by atoms with E-state index in [0.717, 1.165) is 5.56 Å². The van der Waals surface area contributed by atoms with Crippen molar-refractivity contribution in [3.63, 3.8) is 0 Å². The largest absolute Gasteiger partial charge is 2.00 e. The first-order valence-electron chi connectivity index (χ1n) is 8.75. The predicted molar refractivity (Wildman–Crippen MR) is 106 cm³/mol. The number of aromatic nitrogens is 3. The Morgan fingerprint density at radius 3 is 2.11 bits per heavy atom. The summed E-state index contributed by atoms with van der Waals surface area (Å²) in [5.41, 5.74) is 2.87. The van der Waals surface area contributed by atoms with Gasteiger partial charge < -0.3 is 0 Å². The van der Waals surface area contributed by atoms with Gasteiger partial charge in [0, 0.05) is 5.57 Å². The first-order valence-corrected chi connectivity index (χ1v) is 8.75. The van der Waals surface area contributed by atoms with Crippen LogP contribution in [0.2, 0.25) is 0 Å². The maximum atomic E-state index is 12.7. The van der Waals surface area contributed by atoms with Crippen molar-refractivity contribution < 1.29 is 21.9 Å². The molecule has 0 unspecified atom stereocenters. The summed E-state index contributed by atoms with van der Waals surface area (Å²) in [4.78, 5) is 16.6. The fourth-order valence-corrected chi connectivity index (χ4v) is 2.57. The SMILES string of the molecule is Cc1ccc(/C=C(\Cn2cncn2)C(=O)[C]2[CH][CH][CH][CH]2)cc1.[CH]1[CH][CH][CH][CH]1.[Fe+2]. The molecule has 1 aromatic carbocycles. The van der Waals surface area contributed by atoms with Crippen molar-refractivity contribution in [2.24, 2.45) is 0 Å². The molecule has 2 fully saturated rings. The summed E-state index contributed by atoms with van der Waals surface area (Å²) in [6.07, 6.45) is 22.4. The molecule has 1 heterocycles. The van der Waals surface area contributed by atoms with Gasteiger partial charge >= 0.3 is 17.1 Å². The molecule has 28 heavy (non-hydrogen) atoms. The van der Waals surface area contributed by atoms with Gasteiger partial charge in [0.1, 0.15) is 12.7 Å². The minimum absolute atomic E-state index is 0. The number of carbonyl (C=O) groups is 1. The fourth-order valence-electron chi connectivity index (χ4n) is 2.57. The van der Waals surface area contributed by atoms with E-state index in [9.17, 15) is 4.79 Å². The van der Waals surface area contributed by atoms with Gasteiger partial charge in [-0.2, -0.15) is 5.10 Å². The average Bonchev–Trinajstić information content (AvgIpc) is 3.46. The number of carbonyl (C=O) groups excluding carboxylic acids is 1. The Hall–Kier alpha value is -1.71. The molecule has 2 saturated carbocycles. The molecule has 140 valence electrons. The Labute approximate surface area is 179 Å². The normalized spacial score (nSPS) is 17.0. The van der Waals surface area contributed by atoms with E-state index in [1.165, 1.54) is 11.9 Å². The van der Waals surface area contributed by atoms with E-state index < -0.39 is 0 Å². The van der Waals surface area contributed by atoms with Crippen molar-refractivity contribution in [1.29, 1.82) is 0 Å². The number of rotatable bonds is 5. The molecule has 5 heteroatoms. The van der Waals surface area contributed by atoms with Crippen LogP contribution < -0.4 is 0 Å². The first-order chi connectivity index (χ1) is 13.2. The van der Waals surface area contributed by atoms with E-state index in [1.54, 1.807) is 11.0 Å². The maximum absolute atomic E-state index is 12.7. The smallest absolute Gasteiger partial charge is 0.294 e. The third-order valence-electron chi connectivity index (χ3n) is 3.99. The Balaban J connectivity index is 0.000000408. The monoisotopic (exact) mass is 411 g/mol. The van der Waals surface area contributed by atoms with Gasteiger partial charge in [0.25, 0.3) is 0 Å². The quantitative estimate of drug-likeness (QED) is 0.558. The van der Waals surface area contributed by atoms with Gasteiger partial charge in [0.05, 0.1) is 12.5 Å². The predicted octanol–water partition coefficient (Wildman–Crippen LogP) is 3.66. The summed E-state index contributed by atoms with van der Waals surface area (Å²) in [5, 5.41) is 4.09. The molecule has 4 rings (SSSR count). The van der Waals surface area contributed by atoms with E-state index >= 15 is 0 Å². The third kappa shape index (κ3) is 7.03. The summed E-state index contributed by atoms with van der Waals surface area (Å²) in [7, 11) is 0. The summed E-state index contributed by atoms with van der Waals surface area (Å²) in [6.45, 7) is 2.44. The second kappa shape index (κ2) is 12.0. The molecular weight excluding hydrogens is 390 g/mol. The summed E-state index contributed by atoms with van der Waals surface area (Å²) in [6, 6.07) is 8.09. The van der Waals surface area contributed by atoms with Crippen molar-refractivity contribution in [3.8, 4) is 0 Å². The van der Waals surface area contributed by atoms with Gasteiger partial charge in [-0.05, 0) is 76.4 Å². The molecule has 10 radical (unpaired) electrons. The number of benzene rings is 1. The van der Waals surface area contributed by atoms with E-state index in [1.807, 2.05) is 95.1 Å². The van der Waals surface area contributed by atoms with E-state index in [0.29, 0.717) is 18.0 Å². The zero-order chi connectivity index (χ0) is 18.9. The van der Waals surface area contributed by atoms with Crippen molar-refractivity contribution in [2.75, 3.05) is 0 Å². The van der Waals surface area contributed by atoms with Crippen LogP contribution in [0.4, 0.5) is 0 Å². The van der Waals surface area contributed by atoms with Crippen LogP contribution in [0.25, 0.3) is 6.08 Å². The van der Waals surface area contributed by atoms with Crippen molar-refractivity contribution >= 4 is 11.9 Å². The van der Waals surface area contributed by atoms with E-state index in [4.69, 9.17) is 0 Å². The first kappa shape index (κ1) is 22.6. The summed E-state index contributed by atoms with van der Waals surface area (Å²) in [5.74, 6) is 0.708. The summed E-state index contributed by atoms with van der Waals surface area (Å²) >= 11 is 0. The minimum Gasteiger partial charge on any atom is -0.294 e. The third-order valence-corrected chi connectivity index (χ3v) is 3.99. The molecule has 0 spiro atoms. The van der Waals surface area contributed by atoms with Crippen LogP contribution in [-0.2, 0) is 28.4 Å². The molecule has 0 N–H and O–H groups in total. The van der Waals surface area contributed by atoms with Crippen molar-refractivity contribution in [3.05, 3.63) is 117 Å². The van der Waals surface area contributed by atoms with Crippen LogP contribution in [-0.4, -0.2) is 20.5 Å². The van der Waals surface area contributed by atoms with Crippen LogP contribution in [0.1, 0.15) is 11.1 Å². The number of allylic oxidation sites excluding steroid dienone is 1. The van der Waals surface area contributed by atoms with Crippen LogP contribution in [0.15, 0.2) is 42.5 Å². The van der Waals surface area contributed by atoms with Gasteiger partial charge in [-0.3, -0.25) is 4.79 Å². The van der Waals surface area contributed by atoms with Gasteiger partial charge in [-0.1, -0.05) is 29.8 Å². The zero-order valence-corrected chi connectivity index (χ0v) is 16.7. The van der Waals surface area contributed by atoms with Gasteiger partial charge in [-0.15, -0.1) is 0 Å². The Morgan fingerprint density at radius 1 is 0.964 bits per heavy atom. The maximum Gasteiger partial charge on any atom is 2.00 e. The van der Waals surface area contributed by atoms with Crippen molar-refractivity contribution in [2.45, 2.75) is 13.5 Å². The number of hydrogen-bond donors (Lipinski definition) is 0. The molecule has 0 aliphatic heterocycles. The second-order valence-corrected chi connectivity index (χ2v) is 6.14. The number of nitrogens with zero attached hydrogens (tertiary/aromatic N) is 3. The number of hydrogen-bond acceptors (Lipinski definition) is 3. The minimum atomic E-state index is 0. The van der Waals surface area contributed by atoms with Crippen molar-refractivity contribution in [1.82, 2.24) is 14.8 Å². The molecule has 1 aromatic heterocycles. The van der Waals surface area contributed by atoms with Crippen LogP contribution in [0, 0.1) is 70.6 Å². The molecule has 0 bridgehead atoms. The number of Topliss-reactive ketones (excluding diaryl/α,β-unsaturated/α-hetero) is 1. The van der Waals surface area contributed by atoms with Gasteiger partial charge in [0.2, 0.25) is 0 Å². The zero-order valence-electron chi connectivity index (χ0n) is 15.5. The number of ketones is 1. The molecule has 2 aliphatic rings. The Morgan fingerprint density at radius 2 is 1.57 bits per heavy atom. The van der Waals surface area contributed by atoms with Crippen LogP contribution in [0.3, 0.4) is 0 Å². The van der Waals surface area contributed by atoms with Crippen LogP contribution >= 0.6 is 0 Å². The second-order valence-electron chi connectivity index (χ2n) is 6.14. The molecule has 0 amide bonds. The molecule has 0 atom stereocenters. The van der Waals surface area contributed by atoms with Crippen LogP contribution in [0.5, 0.6) is 0 Å². The Bertz CT molecular complexity index is 720.